The lowest BCUT2D eigenvalue weighted by molar-refractivity contribution is 0.0825. The lowest BCUT2D eigenvalue weighted by Gasteiger charge is -2.17. The van der Waals surface area contributed by atoms with Crippen LogP contribution in [-0.2, 0) is 4.74 Å². The van der Waals surface area contributed by atoms with E-state index in [2.05, 4.69) is 29.5 Å². The van der Waals surface area contributed by atoms with E-state index in [-0.39, 0.29) is 12.0 Å². The maximum absolute atomic E-state index is 12.1. The Kier molecular flexibility index (Phi) is 5.99. The van der Waals surface area contributed by atoms with Crippen molar-refractivity contribution in [3.63, 3.8) is 0 Å². The molecule has 116 valence electrons. The Labute approximate surface area is 126 Å². The summed E-state index contributed by atoms with van der Waals surface area (Å²) in [6.07, 6.45) is 5.06. The Morgan fingerprint density at radius 2 is 2.29 bits per heavy atom. The highest BCUT2D eigenvalue weighted by molar-refractivity contribution is 5.92. The third-order valence-electron chi connectivity index (χ3n) is 3.85. The first-order valence-electron chi connectivity index (χ1n) is 7.84. The molecule has 5 heteroatoms. The number of aromatic nitrogens is 1. The Morgan fingerprint density at radius 3 is 2.95 bits per heavy atom. The van der Waals surface area contributed by atoms with Gasteiger partial charge in [-0.05, 0) is 31.4 Å². The molecule has 0 spiro atoms. The molecule has 1 aromatic rings. The first-order chi connectivity index (χ1) is 10.2. The molecule has 1 aromatic heterocycles. The molecule has 1 saturated heterocycles. The SMILES string of the molecule is CCCNc1ccc(C(=O)NCC2CCOC2CC)nc1. The summed E-state index contributed by atoms with van der Waals surface area (Å²) < 4.78 is 5.63. The van der Waals surface area contributed by atoms with E-state index in [9.17, 15) is 4.79 Å². The number of carbonyl (C=O) groups is 1. The van der Waals surface area contributed by atoms with E-state index in [1.54, 1.807) is 12.3 Å². The van der Waals surface area contributed by atoms with Crippen molar-refractivity contribution in [3.8, 4) is 0 Å². The molecule has 2 unspecified atom stereocenters. The summed E-state index contributed by atoms with van der Waals surface area (Å²) in [4.78, 5) is 16.3. The second-order valence-corrected chi connectivity index (χ2v) is 5.44. The maximum atomic E-state index is 12.1. The average Bonchev–Trinajstić information content (AvgIpc) is 2.98. The second-order valence-electron chi connectivity index (χ2n) is 5.44. The molecule has 2 heterocycles. The van der Waals surface area contributed by atoms with E-state index in [4.69, 9.17) is 4.74 Å². The van der Waals surface area contributed by atoms with Crippen LogP contribution in [0.15, 0.2) is 18.3 Å². The third-order valence-corrected chi connectivity index (χ3v) is 3.85. The molecule has 2 atom stereocenters. The van der Waals surface area contributed by atoms with Gasteiger partial charge in [-0.1, -0.05) is 13.8 Å². The van der Waals surface area contributed by atoms with Crippen molar-refractivity contribution in [2.75, 3.05) is 25.0 Å². The number of nitrogens with one attached hydrogen (secondary N) is 2. The fourth-order valence-corrected chi connectivity index (χ4v) is 2.59. The van der Waals surface area contributed by atoms with Crippen molar-refractivity contribution in [3.05, 3.63) is 24.0 Å². The van der Waals surface area contributed by atoms with Crippen molar-refractivity contribution in [1.29, 1.82) is 0 Å². The largest absolute Gasteiger partial charge is 0.384 e. The van der Waals surface area contributed by atoms with Crippen LogP contribution >= 0.6 is 0 Å². The molecule has 21 heavy (non-hydrogen) atoms. The van der Waals surface area contributed by atoms with Crippen molar-refractivity contribution < 1.29 is 9.53 Å². The minimum absolute atomic E-state index is 0.112. The Bertz CT molecular complexity index is 447. The molecule has 0 saturated carbocycles. The van der Waals surface area contributed by atoms with E-state index in [0.717, 1.165) is 38.1 Å². The van der Waals surface area contributed by atoms with Gasteiger partial charge in [0.2, 0.25) is 0 Å². The topological polar surface area (TPSA) is 63.2 Å². The van der Waals surface area contributed by atoms with Crippen LogP contribution in [0.25, 0.3) is 0 Å². The predicted molar refractivity (Wildman–Crippen MR) is 83.5 cm³/mol. The molecule has 0 bridgehead atoms. The number of carbonyl (C=O) groups excluding carboxylic acids is 1. The quantitative estimate of drug-likeness (QED) is 0.810. The molecule has 1 aliphatic heterocycles. The minimum atomic E-state index is -0.112. The summed E-state index contributed by atoms with van der Waals surface area (Å²) in [5, 5.41) is 6.21. The van der Waals surface area contributed by atoms with Gasteiger partial charge in [0.15, 0.2) is 0 Å². The van der Waals surface area contributed by atoms with Gasteiger partial charge in [0.1, 0.15) is 5.69 Å². The van der Waals surface area contributed by atoms with Gasteiger partial charge >= 0.3 is 0 Å². The number of rotatable bonds is 7. The second kappa shape index (κ2) is 7.98. The van der Waals surface area contributed by atoms with Crippen molar-refractivity contribution >= 4 is 11.6 Å². The molecule has 2 rings (SSSR count). The zero-order chi connectivity index (χ0) is 15.1. The summed E-state index contributed by atoms with van der Waals surface area (Å²) in [6, 6.07) is 3.65. The van der Waals surface area contributed by atoms with Gasteiger partial charge < -0.3 is 15.4 Å². The monoisotopic (exact) mass is 291 g/mol. The number of pyridine rings is 1. The molecule has 1 aliphatic rings. The van der Waals surface area contributed by atoms with Gasteiger partial charge in [0, 0.05) is 25.6 Å². The van der Waals surface area contributed by atoms with Gasteiger partial charge in [-0.3, -0.25) is 4.79 Å². The summed E-state index contributed by atoms with van der Waals surface area (Å²) >= 11 is 0. The number of anilines is 1. The molecule has 0 radical (unpaired) electrons. The number of amides is 1. The molecular formula is C16H25N3O2. The summed E-state index contributed by atoms with van der Waals surface area (Å²) in [6.45, 7) is 6.60. The molecule has 2 N–H and O–H groups in total. The van der Waals surface area contributed by atoms with Gasteiger partial charge in [-0.15, -0.1) is 0 Å². The Hall–Kier alpha value is -1.62. The smallest absolute Gasteiger partial charge is 0.269 e. The van der Waals surface area contributed by atoms with Crippen LogP contribution in [-0.4, -0.2) is 36.7 Å². The number of nitrogens with zero attached hydrogens (tertiary/aromatic N) is 1. The normalized spacial score (nSPS) is 21.2. The first kappa shape index (κ1) is 15.8. The molecule has 5 nitrogen and oxygen atoms in total. The van der Waals surface area contributed by atoms with E-state index in [0.29, 0.717) is 18.2 Å². The van der Waals surface area contributed by atoms with Gasteiger partial charge in [-0.25, -0.2) is 4.98 Å². The van der Waals surface area contributed by atoms with Gasteiger partial charge in [-0.2, -0.15) is 0 Å². The summed E-state index contributed by atoms with van der Waals surface area (Å²) in [5.41, 5.74) is 1.41. The number of hydrogen-bond donors (Lipinski definition) is 2. The maximum Gasteiger partial charge on any atom is 0.269 e. The molecule has 1 amide bonds. The Morgan fingerprint density at radius 1 is 1.43 bits per heavy atom. The average molecular weight is 291 g/mol. The van der Waals surface area contributed by atoms with Crippen LogP contribution < -0.4 is 10.6 Å². The van der Waals surface area contributed by atoms with Crippen LogP contribution in [0.5, 0.6) is 0 Å². The fourth-order valence-electron chi connectivity index (χ4n) is 2.59. The van der Waals surface area contributed by atoms with Crippen molar-refractivity contribution in [1.82, 2.24) is 10.3 Å². The summed E-state index contributed by atoms with van der Waals surface area (Å²) in [7, 11) is 0. The van der Waals surface area contributed by atoms with Crippen LogP contribution in [0.3, 0.4) is 0 Å². The van der Waals surface area contributed by atoms with Crippen LogP contribution in [0, 0.1) is 5.92 Å². The van der Waals surface area contributed by atoms with E-state index in [1.807, 2.05) is 6.07 Å². The lowest BCUT2D eigenvalue weighted by atomic mass is 10.00. The standard InChI is InChI=1S/C16H25N3O2/c1-3-8-17-13-5-6-14(18-11-13)16(20)19-10-12-7-9-21-15(12)4-2/h5-6,11-12,15,17H,3-4,7-10H2,1-2H3,(H,19,20). The highest BCUT2D eigenvalue weighted by Gasteiger charge is 2.26. The van der Waals surface area contributed by atoms with Crippen LogP contribution in [0.2, 0.25) is 0 Å². The molecule has 1 fully saturated rings. The number of ether oxygens (including phenoxy) is 1. The van der Waals surface area contributed by atoms with Gasteiger partial charge in [0.25, 0.3) is 5.91 Å². The van der Waals surface area contributed by atoms with Gasteiger partial charge in [0.05, 0.1) is 18.0 Å². The Balaban J connectivity index is 1.82. The fraction of sp³-hybridized carbons (Fsp3) is 0.625. The van der Waals surface area contributed by atoms with E-state index < -0.39 is 0 Å². The third kappa shape index (κ3) is 4.43. The molecular weight excluding hydrogens is 266 g/mol. The van der Waals surface area contributed by atoms with Crippen LogP contribution in [0.1, 0.15) is 43.6 Å². The van der Waals surface area contributed by atoms with Crippen molar-refractivity contribution in [2.24, 2.45) is 5.92 Å². The van der Waals surface area contributed by atoms with Crippen LogP contribution in [0.4, 0.5) is 5.69 Å². The highest BCUT2D eigenvalue weighted by atomic mass is 16.5. The number of hydrogen-bond acceptors (Lipinski definition) is 4. The highest BCUT2D eigenvalue weighted by Crippen LogP contribution is 2.22. The first-order valence-corrected chi connectivity index (χ1v) is 7.84. The predicted octanol–water partition coefficient (Wildman–Crippen LogP) is 2.45. The van der Waals surface area contributed by atoms with Crippen molar-refractivity contribution in [2.45, 2.75) is 39.2 Å². The van der Waals surface area contributed by atoms with E-state index in [1.165, 1.54) is 0 Å². The lowest BCUT2D eigenvalue weighted by Crippen LogP contribution is -2.33. The minimum Gasteiger partial charge on any atom is -0.384 e. The van der Waals surface area contributed by atoms with E-state index >= 15 is 0 Å². The zero-order valence-corrected chi connectivity index (χ0v) is 12.9. The molecule has 0 aromatic carbocycles. The summed E-state index contributed by atoms with van der Waals surface area (Å²) in [5.74, 6) is 0.309. The zero-order valence-electron chi connectivity index (χ0n) is 12.9. The molecule has 0 aliphatic carbocycles.